The zero-order valence-corrected chi connectivity index (χ0v) is 20.9. The Labute approximate surface area is 212 Å². The van der Waals surface area contributed by atoms with E-state index in [4.69, 9.17) is 0 Å². The van der Waals surface area contributed by atoms with Crippen LogP contribution in [0.2, 0.25) is 0 Å². The van der Waals surface area contributed by atoms with Crippen molar-refractivity contribution in [3.05, 3.63) is 96.1 Å². The molecule has 3 aromatic rings. The minimum absolute atomic E-state index is 0.371. The van der Waals surface area contributed by atoms with E-state index in [9.17, 15) is 9.59 Å². The van der Waals surface area contributed by atoms with E-state index in [2.05, 4.69) is 46.0 Å². The summed E-state index contributed by atoms with van der Waals surface area (Å²) >= 11 is 0. The molecule has 1 aromatic carbocycles. The number of carbonyl (C=O) groups excluding carboxylic acids is 2. The lowest BCUT2D eigenvalue weighted by Crippen LogP contribution is -2.30. The van der Waals surface area contributed by atoms with Gasteiger partial charge in [0.25, 0.3) is 0 Å². The summed E-state index contributed by atoms with van der Waals surface area (Å²) in [6.07, 6.45) is 12.1. The van der Waals surface area contributed by atoms with Crippen LogP contribution in [0.5, 0.6) is 0 Å². The van der Waals surface area contributed by atoms with Gasteiger partial charge in [-0.2, -0.15) is 0 Å². The topological polar surface area (TPSA) is 67.2 Å². The number of fused-ring (bicyclic) bond motifs is 1. The molecule has 0 spiro atoms. The number of pyridine rings is 1. The molecule has 0 atom stereocenters. The second-order valence-electron chi connectivity index (χ2n) is 8.88. The number of allylic oxidation sites excluding steroid dienone is 3. The number of aromatic nitrogens is 2. The summed E-state index contributed by atoms with van der Waals surface area (Å²) in [7, 11) is 1.94. The lowest BCUT2D eigenvalue weighted by molar-refractivity contribution is -0.104. The van der Waals surface area contributed by atoms with Crippen LogP contribution in [-0.4, -0.2) is 41.8 Å². The number of nitrogens with one attached hydrogen (secondary N) is 1. The summed E-state index contributed by atoms with van der Waals surface area (Å²) in [5.74, 6) is -0.511. The third kappa shape index (κ3) is 5.54. The molecular formula is C30H32N4O2. The molecule has 1 fully saturated rings. The zero-order chi connectivity index (χ0) is 25.5. The van der Waals surface area contributed by atoms with Gasteiger partial charge in [-0.3, -0.25) is 14.6 Å². The van der Waals surface area contributed by atoms with Crippen molar-refractivity contribution >= 4 is 29.5 Å². The van der Waals surface area contributed by atoms with Crippen LogP contribution >= 0.6 is 0 Å². The Morgan fingerprint density at radius 2 is 1.83 bits per heavy atom. The molecule has 1 saturated heterocycles. The average Bonchev–Trinajstić information content (AvgIpc) is 3.11. The van der Waals surface area contributed by atoms with Gasteiger partial charge < -0.3 is 14.8 Å². The number of ketones is 1. The van der Waals surface area contributed by atoms with Crippen LogP contribution in [0.1, 0.15) is 34.7 Å². The van der Waals surface area contributed by atoms with Gasteiger partial charge in [0.05, 0.1) is 0 Å². The molecule has 184 valence electrons. The average molecular weight is 481 g/mol. The molecule has 2 aromatic heterocycles. The molecule has 4 heterocycles. The van der Waals surface area contributed by atoms with Crippen molar-refractivity contribution in [1.82, 2.24) is 9.55 Å². The van der Waals surface area contributed by atoms with Crippen LogP contribution < -0.4 is 10.2 Å². The summed E-state index contributed by atoms with van der Waals surface area (Å²) in [5.41, 5.74) is 7.67. The van der Waals surface area contributed by atoms with Crippen LogP contribution in [-0.2, 0) is 11.3 Å². The number of carbonyl (C=O) groups is 2. The highest BCUT2D eigenvalue weighted by molar-refractivity contribution is 6.34. The van der Waals surface area contributed by atoms with Crippen LogP contribution in [0.15, 0.2) is 79.0 Å². The summed E-state index contributed by atoms with van der Waals surface area (Å²) in [6, 6.07) is 14.3. The van der Waals surface area contributed by atoms with Gasteiger partial charge in [-0.1, -0.05) is 36.4 Å². The highest BCUT2D eigenvalue weighted by Gasteiger charge is 2.22. The normalized spacial score (nSPS) is 14.4. The first-order valence-electron chi connectivity index (χ1n) is 12.2. The number of aryl methyl sites for hydroxylation is 1. The second kappa shape index (κ2) is 11.5. The lowest BCUT2D eigenvalue weighted by atomic mass is 10.0. The third-order valence-corrected chi connectivity index (χ3v) is 6.56. The fraction of sp³-hybridized carbons (Fsp3) is 0.233. The van der Waals surface area contributed by atoms with Crippen molar-refractivity contribution in [2.75, 3.05) is 30.4 Å². The van der Waals surface area contributed by atoms with Gasteiger partial charge in [-0.05, 0) is 62.2 Å². The van der Waals surface area contributed by atoms with Gasteiger partial charge in [0.2, 0.25) is 5.78 Å². The molecule has 0 saturated carbocycles. The largest absolute Gasteiger partial charge is 0.388 e. The van der Waals surface area contributed by atoms with Crippen molar-refractivity contribution in [3.63, 3.8) is 0 Å². The van der Waals surface area contributed by atoms with Crippen molar-refractivity contribution in [2.24, 2.45) is 0 Å². The van der Waals surface area contributed by atoms with Gasteiger partial charge in [0.15, 0.2) is 6.29 Å². The van der Waals surface area contributed by atoms with E-state index in [0.717, 1.165) is 48.4 Å². The molecule has 1 N–H and O–H groups in total. The first kappa shape index (κ1) is 24.9. The van der Waals surface area contributed by atoms with Gasteiger partial charge >= 0.3 is 0 Å². The molecule has 0 unspecified atom stereocenters. The maximum atomic E-state index is 12.1. The van der Waals surface area contributed by atoms with E-state index in [-0.39, 0.29) is 0 Å². The predicted octanol–water partition coefficient (Wildman–Crippen LogP) is 5.71. The Kier molecular flexibility index (Phi) is 7.95. The first-order chi connectivity index (χ1) is 17.5. The molecule has 0 aliphatic carbocycles. The number of rotatable bonds is 5. The van der Waals surface area contributed by atoms with E-state index in [1.54, 1.807) is 6.20 Å². The van der Waals surface area contributed by atoms with Crippen LogP contribution in [0, 0.1) is 6.92 Å². The standard InChI is InChI=1S/C17H14N2O2.C13H18N2/c1-12-14(7-5-8-18-12)15-10-13-6-3-2-4-9-19(13)17(15)16(21)11-20;1-11-7-9-15(10-8-11)13-5-3-12(14-2)4-6-13/h2-8,10-11H,9H2,1H3;3-6,14H,1,7-10H2,2H3. The Morgan fingerprint density at radius 1 is 1.08 bits per heavy atom. The molecule has 6 nitrogen and oxygen atoms in total. The van der Waals surface area contributed by atoms with Crippen molar-refractivity contribution in [1.29, 1.82) is 0 Å². The van der Waals surface area contributed by atoms with E-state index in [1.165, 1.54) is 16.9 Å². The zero-order valence-electron chi connectivity index (χ0n) is 20.9. The van der Waals surface area contributed by atoms with E-state index in [1.807, 2.05) is 61.0 Å². The Balaban J connectivity index is 0.000000179. The third-order valence-electron chi connectivity index (χ3n) is 6.56. The SMILES string of the molecule is C=C1CCN(c2ccc(NC)cc2)CC1.Cc1ncccc1-c1cc2n(c1C(=O)C=O)CC=CC=C2. The Hall–Kier alpha value is -4.19. The lowest BCUT2D eigenvalue weighted by Gasteiger charge is -2.30. The first-order valence-corrected chi connectivity index (χ1v) is 12.2. The molecule has 2 aliphatic rings. The Bertz CT molecular complexity index is 1310. The minimum Gasteiger partial charge on any atom is -0.388 e. The summed E-state index contributed by atoms with van der Waals surface area (Å²) in [6.45, 7) is 8.71. The monoisotopic (exact) mass is 480 g/mol. The summed E-state index contributed by atoms with van der Waals surface area (Å²) in [4.78, 5) is 29.8. The maximum Gasteiger partial charge on any atom is 0.242 e. The number of benzene rings is 1. The van der Waals surface area contributed by atoms with Crippen molar-refractivity contribution in [2.45, 2.75) is 26.3 Å². The second-order valence-corrected chi connectivity index (χ2v) is 8.88. The van der Waals surface area contributed by atoms with Crippen LogP contribution in [0.4, 0.5) is 11.4 Å². The minimum atomic E-state index is -0.511. The highest BCUT2D eigenvalue weighted by atomic mass is 16.2. The molecule has 0 radical (unpaired) electrons. The summed E-state index contributed by atoms with van der Waals surface area (Å²) in [5, 5.41) is 3.13. The van der Waals surface area contributed by atoms with Crippen molar-refractivity contribution in [3.8, 4) is 11.1 Å². The summed E-state index contributed by atoms with van der Waals surface area (Å²) < 4.78 is 1.86. The molecular weight excluding hydrogens is 448 g/mol. The van der Waals surface area contributed by atoms with E-state index in [0.29, 0.717) is 18.5 Å². The highest BCUT2D eigenvalue weighted by Crippen LogP contribution is 2.31. The Morgan fingerprint density at radius 3 is 2.50 bits per heavy atom. The van der Waals surface area contributed by atoms with Crippen LogP contribution in [0.25, 0.3) is 17.2 Å². The number of anilines is 2. The quantitative estimate of drug-likeness (QED) is 0.219. The number of Topliss-reactive ketones (excluding diaryl/α,β-unsaturated/α-hetero) is 1. The number of nitrogens with zero attached hydrogens (tertiary/aromatic N) is 3. The van der Waals surface area contributed by atoms with Crippen LogP contribution in [0.3, 0.4) is 0 Å². The maximum absolute atomic E-state index is 12.1. The molecule has 0 bridgehead atoms. The smallest absolute Gasteiger partial charge is 0.242 e. The van der Waals surface area contributed by atoms with E-state index < -0.39 is 5.78 Å². The fourth-order valence-electron chi connectivity index (χ4n) is 4.52. The van der Waals surface area contributed by atoms with E-state index >= 15 is 0 Å². The number of piperidine rings is 1. The van der Waals surface area contributed by atoms with Crippen molar-refractivity contribution < 1.29 is 9.59 Å². The van der Waals surface area contributed by atoms with Gasteiger partial charge in [-0.25, -0.2) is 0 Å². The molecule has 6 heteroatoms. The van der Waals surface area contributed by atoms with Gasteiger partial charge in [0.1, 0.15) is 5.69 Å². The molecule has 0 amide bonds. The van der Waals surface area contributed by atoms with Gasteiger partial charge in [0, 0.05) is 66.8 Å². The number of aldehydes is 1. The number of hydrogen-bond donors (Lipinski definition) is 1. The number of hydrogen-bond acceptors (Lipinski definition) is 5. The molecule has 5 rings (SSSR count). The van der Waals surface area contributed by atoms with Gasteiger partial charge in [-0.15, -0.1) is 0 Å². The predicted molar refractivity (Wildman–Crippen MR) is 148 cm³/mol. The fourth-order valence-corrected chi connectivity index (χ4v) is 4.52. The molecule has 36 heavy (non-hydrogen) atoms. The molecule has 2 aliphatic heterocycles.